The Hall–Kier alpha value is -0.100. The van der Waals surface area contributed by atoms with Crippen LogP contribution in [-0.4, -0.2) is 41.5 Å². The predicted molar refractivity (Wildman–Crippen MR) is 88.8 cm³/mol. The van der Waals surface area contributed by atoms with Gasteiger partial charge in [0.05, 0.1) is 17.8 Å². The number of thiazole rings is 1. The maximum Gasteiger partial charge on any atom is 0.111 e. The fourth-order valence-electron chi connectivity index (χ4n) is 3.04. The molecule has 0 saturated carbocycles. The number of nitrogens with zero attached hydrogens (tertiary/aromatic N) is 2. The fourth-order valence-corrected chi connectivity index (χ4v) is 5.70. The normalized spacial score (nSPS) is 27.5. The third-order valence-corrected chi connectivity index (χ3v) is 6.55. The molecular formula is C15H25N3S2. The second kappa shape index (κ2) is 6.77. The quantitative estimate of drug-likeness (QED) is 0.924. The maximum atomic E-state index is 5.06. The van der Waals surface area contributed by atoms with Gasteiger partial charge in [0.1, 0.15) is 5.01 Å². The SMILES string of the molecule is CCCNC1CCCc2sc(C3CSCCN3C)nc21. The Labute approximate surface area is 130 Å². The standard InChI is InChI=1S/C15H25N3S2/c1-3-7-16-11-5-4-6-13-14(11)17-15(20-13)12-10-19-9-8-18(12)2/h11-12,16H,3-10H2,1-2H3. The van der Waals surface area contributed by atoms with E-state index in [0.29, 0.717) is 12.1 Å². The van der Waals surface area contributed by atoms with E-state index in [2.05, 4.69) is 35.9 Å². The average Bonchev–Trinajstić information content (AvgIpc) is 2.89. The Balaban J connectivity index is 1.79. The zero-order valence-corrected chi connectivity index (χ0v) is 14.2. The highest BCUT2D eigenvalue weighted by atomic mass is 32.2. The molecule has 1 aromatic heterocycles. The number of thioether (sulfide) groups is 1. The molecule has 2 heterocycles. The third-order valence-electron chi connectivity index (χ3n) is 4.29. The van der Waals surface area contributed by atoms with Crippen LogP contribution in [0.15, 0.2) is 0 Å². The van der Waals surface area contributed by atoms with Gasteiger partial charge in [-0.3, -0.25) is 4.90 Å². The highest BCUT2D eigenvalue weighted by molar-refractivity contribution is 7.99. The van der Waals surface area contributed by atoms with Crippen molar-refractivity contribution in [2.75, 3.05) is 31.6 Å². The molecular weight excluding hydrogens is 286 g/mol. The van der Waals surface area contributed by atoms with E-state index in [-0.39, 0.29) is 0 Å². The Bertz CT molecular complexity index is 446. The zero-order chi connectivity index (χ0) is 13.9. The minimum absolute atomic E-state index is 0.505. The van der Waals surface area contributed by atoms with Gasteiger partial charge in [0, 0.05) is 22.9 Å². The summed E-state index contributed by atoms with van der Waals surface area (Å²) in [5.41, 5.74) is 1.37. The average molecular weight is 312 g/mol. The molecule has 3 nitrogen and oxygen atoms in total. The van der Waals surface area contributed by atoms with Crippen molar-refractivity contribution in [3.63, 3.8) is 0 Å². The molecule has 2 atom stereocenters. The highest BCUT2D eigenvalue weighted by Crippen LogP contribution is 2.38. The number of hydrogen-bond acceptors (Lipinski definition) is 5. The van der Waals surface area contributed by atoms with Gasteiger partial charge in [-0.15, -0.1) is 11.3 Å². The van der Waals surface area contributed by atoms with Crippen LogP contribution in [0.4, 0.5) is 0 Å². The van der Waals surface area contributed by atoms with Gasteiger partial charge in [-0.1, -0.05) is 6.92 Å². The van der Waals surface area contributed by atoms with Crippen molar-refractivity contribution in [3.8, 4) is 0 Å². The molecule has 0 aromatic carbocycles. The Kier molecular flexibility index (Phi) is 5.02. The van der Waals surface area contributed by atoms with Crippen molar-refractivity contribution >= 4 is 23.1 Å². The molecule has 1 fully saturated rings. The number of rotatable bonds is 4. The molecule has 112 valence electrons. The summed E-state index contributed by atoms with van der Waals surface area (Å²) < 4.78 is 0. The molecule has 1 aliphatic carbocycles. The monoisotopic (exact) mass is 311 g/mol. The van der Waals surface area contributed by atoms with Crippen molar-refractivity contribution in [2.45, 2.75) is 44.7 Å². The summed E-state index contributed by atoms with van der Waals surface area (Å²) in [6, 6.07) is 1.04. The lowest BCUT2D eigenvalue weighted by Crippen LogP contribution is -2.32. The lowest BCUT2D eigenvalue weighted by atomic mass is 9.97. The van der Waals surface area contributed by atoms with Gasteiger partial charge >= 0.3 is 0 Å². The minimum Gasteiger partial charge on any atom is -0.309 e. The molecule has 0 radical (unpaired) electrons. The van der Waals surface area contributed by atoms with E-state index in [0.717, 1.165) is 6.54 Å². The molecule has 1 N–H and O–H groups in total. The molecule has 1 saturated heterocycles. The van der Waals surface area contributed by atoms with Gasteiger partial charge in [0.25, 0.3) is 0 Å². The third kappa shape index (κ3) is 3.06. The van der Waals surface area contributed by atoms with Gasteiger partial charge in [0.2, 0.25) is 0 Å². The van der Waals surface area contributed by atoms with Crippen molar-refractivity contribution in [2.24, 2.45) is 0 Å². The molecule has 0 amide bonds. The fraction of sp³-hybridized carbons (Fsp3) is 0.800. The summed E-state index contributed by atoms with van der Waals surface area (Å²) in [6.45, 7) is 4.53. The summed E-state index contributed by atoms with van der Waals surface area (Å²) in [7, 11) is 2.25. The molecule has 2 aliphatic rings. The van der Waals surface area contributed by atoms with E-state index in [1.165, 1.54) is 54.4 Å². The van der Waals surface area contributed by atoms with E-state index in [1.807, 2.05) is 11.3 Å². The zero-order valence-electron chi connectivity index (χ0n) is 12.5. The van der Waals surface area contributed by atoms with E-state index >= 15 is 0 Å². The number of nitrogens with one attached hydrogen (secondary N) is 1. The smallest absolute Gasteiger partial charge is 0.111 e. The number of aryl methyl sites for hydroxylation is 1. The lowest BCUT2D eigenvalue weighted by Gasteiger charge is -2.30. The van der Waals surface area contributed by atoms with Gasteiger partial charge in [-0.05, 0) is 39.3 Å². The van der Waals surface area contributed by atoms with E-state index in [1.54, 1.807) is 4.88 Å². The van der Waals surface area contributed by atoms with Crippen molar-refractivity contribution in [3.05, 3.63) is 15.6 Å². The van der Waals surface area contributed by atoms with E-state index in [4.69, 9.17) is 4.98 Å². The van der Waals surface area contributed by atoms with Crippen LogP contribution in [0.1, 0.15) is 53.8 Å². The molecule has 5 heteroatoms. The molecule has 3 rings (SSSR count). The van der Waals surface area contributed by atoms with Gasteiger partial charge < -0.3 is 5.32 Å². The highest BCUT2D eigenvalue weighted by Gasteiger charge is 2.29. The summed E-state index contributed by atoms with van der Waals surface area (Å²) in [5, 5.41) is 5.04. The summed E-state index contributed by atoms with van der Waals surface area (Å²) in [5.74, 6) is 2.47. The largest absolute Gasteiger partial charge is 0.309 e. The molecule has 2 unspecified atom stereocenters. The van der Waals surface area contributed by atoms with Gasteiger partial charge in [-0.25, -0.2) is 4.98 Å². The van der Waals surface area contributed by atoms with Crippen molar-refractivity contribution in [1.82, 2.24) is 15.2 Å². The first kappa shape index (κ1) is 14.8. The molecule has 0 bridgehead atoms. The number of fused-ring (bicyclic) bond motifs is 1. The van der Waals surface area contributed by atoms with Crippen LogP contribution < -0.4 is 5.32 Å². The summed E-state index contributed by atoms with van der Waals surface area (Å²) in [6.07, 6.45) is 5.00. The predicted octanol–water partition coefficient (Wildman–Crippen LogP) is 3.24. The molecule has 1 aliphatic heterocycles. The minimum atomic E-state index is 0.505. The Morgan fingerprint density at radius 1 is 1.45 bits per heavy atom. The second-order valence-electron chi connectivity index (χ2n) is 5.83. The maximum absolute atomic E-state index is 5.06. The van der Waals surface area contributed by atoms with Crippen LogP contribution >= 0.6 is 23.1 Å². The van der Waals surface area contributed by atoms with Crippen LogP contribution in [0.5, 0.6) is 0 Å². The summed E-state index contributed by atoms with van der Waals surface area (Å²) >= 11 is 4.05. The Morgan fingerprint density at radius 3 is 3.15 bits per heavy atom. The second-order valence-corrected chi connectivity index (χ2v) is 8.10. The van der Waals surface area contributed by atoms with Crippen LogP contribution in [0, 0.1) is 0 Å². The first-order valence-corrected chi connectivity index (χ1v) is 9.77. The number of aromatic nitrogens is 1. The molecule has 20 heavy (non-hydrogen) atoms. The van der Waals surface area contributed by atoms with Gasteiger partial charge in [0.15, 0.2) is 0 Å². The van der Waals surface area contributed by atoms with Gasteiger partial charge in [-0.2, -0.15) is 11.8 Å². The first-order chi connectivity index (χ1) is 9.79. The van der Waals surface area contributed by atoms with Crippen LogP contribution in [0.2, 0.25) is 0 Å². The van der Waals surface area contributed by atoms with Crippen LogP contribution in [-0.2, 0) is 6.42 Å². The summed E-state index contributed by atoms with van der Waals surface area (Å²) in [4.78, 5) is 9.09. The van der Waals surface area contributed by atoms with Crippen molar-refractivity contribution in [1.29, 1.82) is 0 Å². The van der Waals surface area contributed by atoms with E-state index < -0.39 is 0 Å². The van der Waals surface area contributed by atoms with E-state index in [9.17, 15) is 0 Å². The topological polar surface area (TPSA) is 28.2 Å². The van der Waals surface area contributed by atoms with Crippen LogP contribution in [0.3, 0.4) is 0 Å². The Morgan fingerprint density at radius 2 is 2.35 bits per heavy atom. The van der Waals surface area contributed by atoms with Crippen molar-refractivity contribution < 1.29 is 0 Å². The molecule has 1 aromatic rings. The number of hydrogen-bond donors (Lipinski definition) is 1. The lowest BCUT2D eigenvalue weighted by molar-refractivity contribution is 0.273. The first-order valence-electron chi connectivity index (χ1n) is 7.80. The molecule has 0 spiro atoms. The van der Waals surface area contributed by atoms with Crippen LogP contribution in [0.25, 0.3) is 0 Å².